The minimum Gasteiger partial charge on any atom is -0.390 e. The largest absolute Gasteiger partial charge is 0.390 e. The number of hydrogen-bond acceptors (Lipinski definition) is 6. The summed E-state index contributed by atoms with van der Waals surface area (Å²) in [6.07, 6.45) is 0.989. The van der Waals surface area contributed by atoms with Crippen LogP contribution in [0.2, 0.25) is 0 Å². The summed E-state index contributed by atoms with van der Waals surface area (Å²) < 4.78 is 27.8. The molecule has 0 bridgehead atoms. The Morgan fingerprint density at radius 2 is 1.53 bits per heavy atom. The third kappa shape index (κ3) is 6.25. The summed E-state index contributed by atoms with van der Waals surface area (Å²) in [5.74, 6) is 0. The standard InChI is InChI=1S/C21H29N3O5S/c1-3-14-22(15-4-2)16-20(25)17-23(18-8-6-5-7-9-18)30(28,29)21-12-10-19(11-13-21)24(26)27/h5-13,20,25H,3-4,14-17H2,1-2H3/t20-/m1/s1. The first-order valence-corrected chi connectivity index (χ1v) is 11.5. The van der Waals surface area contributed by atoms with Crippen molar-refractivity contribution in [2.75, 3.05) is 30.5 Å². The zero-order valence-corrected chi connectivity index (χ0v) is 18.2. The second kappa shape index (κ2) is 11.1. The van der Waals surface area contributed by atoms with Gasteiger partial charge in [0.1, 0.15) is 0 Å². The molecule has 8 nitrogen and oxygen atoms in total. The molecule has 0 aliphatic heterocycles. The number of nitrogens with zero attached hydrogens (tertiary/aromatic N) is 3. The van der Waals surface area contributed by atoms with Gasteiger partial charge in [-0.2, -0.15) is 0 Å². The molecule has 0 saturated carbocycles. The average molecular weight is 436 g/mol. The summed E-state index contributed by atoms with van der Waals surface area (Å²) in [7, 11) is -4.02. The van der Waals surface area contributed by atoms with Crippen LogP contribution < -0.4 is 4.31 Å². The van der Waals surface area contributed by atoms with Crippen molar-refractivity contribution in [1.29, 1.82) is 0 Å². The summed E-state index contributed by atoms with van der Waals surface area (Å²) >= 11 is 0. The predicted octanol–water partition coefficient (Wildman–Crippen LogP) is 3.27. The molecule has 0 aliphatic rings. The highest BCUT2D eigenvalue weighted by molar-refractivity contribution is 7.92. The first-order chi connectivity index (χ1) is 14.3. The Bertz CT molecular complexity index is 898. The maximum atomic E-state index is 13.3. The predicted molar refractivity (Wildman–Crippen MR) is 117 cm³/mol. The molecule has 30 heavy (non-hydrogen) atoms. The number of para-hydroxylation sites is 1. The van der Waals surface area contributed by atoms with Crippen molar-refractivity contribution in [2.45, 2.75) is 37.7 Å². The van der Waals surface area contributed by atoms with Crippen LogP contribution in [0.1, 0.15) is 26.7 Å². The molecule has 164 valence electrons. The molecule has 0 aromatic heterocycles. The Balaban J connectivity index is 2.32. The molecule has 2 aromatic rings. The van der Waals surface area contributed by atoms with Gasteiger partial charge in [0.2, 0.25) is 0 Å². The summed E-state index contributed by atoms with van der Waals surface area (Å²) in [4.78, 5) is 12.4. The number of rotatable bonds is 12. The smallest absolute Gasteiger partial charge is 0.269 e. The van der Waals surface area contributed by atoms with Crippen LogP contribution in [0.3, 0.4) is 0 Å². The molecular weight excluding hydrogens is 406 g/mol. The Labute approximate surface area is 178 Å². The highest BCUT2D eigenvalue weighted by Crippen LogP contribution is 2.25. The van der Waals surface area contributed by atoms with E-state index in [1.54, 1.807) is 30.3 Å². The first-order valence-electron chi connectivity index (χ1n) is 10.0. The summed E-state index contributed by atoms with van der Waals surface area (Å²) in [6, 6.07) is 13.3. The maximum Gasteiger partial charge on any atom is 0.269 e. The summed E-state index contributed by atoms with van der Waals surface area (Å²) in [5.41, 5.74) is 0.238. The number of nitro benzene ring substituents is 1. The van der Waals surface area contributed by atoms with Gasteiger partial charge in [0.05, 0.1) is 28.2 Å². The van der Waals surface area contributed by atoms with Crippen molar-refractivity contribution < 1.29 is 18.4 Å². The molecule has 2 aromatic carbocycles. The van der Waals surface area contributed by atoms with Crippen molar-refractivity contribution in [3.05, 3.63) is 64.7 Å². The maximum absolute atomic E-state index is 13.3. The highest BCUT2D eigenvalue weighted by Gasteiger charge is 2.28. The van der Waals surface area contributed by atoms with E-state index in [1.807, 2.05) is 0 Å². The molecule has 1 atom stereocenters. The Hall–Kier alpha value is -2.49. The van der Waals surface area contributed by atoms with E-state index < -0.39 is 21.1 Å². The van der Waals surface area contributed by atoms with E-state index in [0.717, 1.165) is 42.4 Å². The Morgan fingerprint density at radius 1 is 0.967 bits per heavy atom. The van der Waals surface area contributed by atoms with E-state index in [1.165, 1.54) is 12.1 Å². The van der Waals surface area contributed by atoms with Crippen LogP contribution in [0.4, 0.5) is 11.4 Å². The third-order valence-electron chi connectivity index (χ3n) is 4.60. The number of anilines is 1. The molecule has 0 unspecified atom stereocenters. The number of benzene rings is 2. The molecule has 0 amide bonds. The first kappa shape index (κ1) is 23.8. The summed E-state index contributed by atoms with van der Waals surface area (Å²) in [6.45, 7) is 6.01. The molecule has 0 heterocycles. The number of sulfonamides is 1. The number of aliphatic hydroxyl groups is 1. The van der Waals surface area contributed by atoms with Crippen LogP contribution in [0.25, 0.3) is 0 Å². The average Bonchev–Trinajstić information content (AvgIpc) is 2.73. The number of nitro groups is 1. The third-order valence-corrected chi connectivity index (χ3v) is 6.41. The van der Waals surface area contributed by atoms with Gasteiger partial charge in [-0.3, -0.25) is 14.4 Å². The fraction of sp³-hybridized carbons (Fsp3) is 0.429. The van der Waals surface area contributed by atoms with Gasteiger partial charge in [0.15, 0.2) is 0 Å². The van der Waals surface area contributed by atoms with Crippen molar-refractivity contribution in [1.82, 2.24) is 4.90 Å². The molecule has 9 heteroatoms. The van der Waals surface area contributed by atoms with E-state index in [9.17, 15) is 23.6 Å². The summed E-state index contributed by atoms with van der Waals surface area (Å²) in [5, 5.41) is 21.6. The van der Waals surface area contributed by atoms with Crippen molar-refractivity contribution in [3.63, 3.8) is 0 Å². The van der Waals surface area contributed by atoms with Crippen LogP contribution in [0.5, 0.6) is 0 Å². The fourth-order valence-corrected chi connectivity index (χ4v) is 4.78. The van der Waals surface area contributed by atoms with E-state index >= 15 is 0 Å². The van der Waals surface area contributed by atoms with Crippen LogP contribution in [0.15, 0.2) is 59.5 Å². The van der Waals surface area contributed by atoms with Crippen molar-refractivity contribution in [2.24, 2.45) is 0 Å². The van der Waals surface area contributed by atoms with Gasteiger partial charge < -0.3 is 10.0 Å². The lowest BCUT2D eigenvalue weighted by Gasteiger charge is -2.30. The Kier molecular flexibility index (Phi) is 8.76. The normalized spacial score (nSPS) is 12.7. The molecule has 0 radical (unpaired) electrons. The second-order valence-corrected chi connectivity index (χ2v) is 8.94. The van der Waals surface area contributed by atoms with Crippen LogP contribution in [-0.4, -0.2) is 55.6 Å². The van der Waals surface area contributed by atoms with Gasteiger partial charge in [-0.25, -0.2) is 8.42 Å². The molecule has 2 rings (SSSR count). The van der Waals surface area contributed by atoms with Crippen molar-refractivity contribution >= 4 is 21.4 Å². The van der Waals surface area contributed by atoms with Gasteiger partial charge in [-0.1, -0.05) is 32.0 Å². The SMILES string of the molecule is CCCN(CCC)C[C@@H](O)CN(c1ccccc1)S(=O)(=O)c1ccc([N+](=O)[O-])cc1. The minimum absolute atomic E-state index is 0.0666. The quantitative estimate of drug-likeness (QED) is 0.405. The van der Waals surface area contributed by atoms with Crippen molar-refractivity contribution in [3.8, 4) is 0 Å². The highest BCUT2D eigenvalue weighted by atomic mass is 32.2. The Morgan fingerprint density at radius 3 is 2.03 bits per heavy atom. The second-order valence-electron chi connectivity index (χ2n) is 7.08. The number of hydrogen-bond donors (Lipinski definition) is 1. The zero-order valence-electron chi connectivity index (χ0n) is 17.3. The number of aliphatic hydroxyl groups excluding tert-OH is 1. The topological polar surface area (TPSA) is 104 Å². The van der Waals surface area contributed by atoms with Crippen LogP contribution >= 0.6 is 0 Å². The molecule has 0 saturated heterocycles. The monoisotopic (exact) mass is 435 g/mol. The van der Waals surface area contributed by atoms with Crippen LogP contribution in [0, 0.1) is 10.1 Å². The number of non-ortho nitro benzene ring substituents is 1. The van der Waals surface area contributed by atoms with Gasteiger partial charge in [0.25, 0.3) is 15.7 Å². The minimum atomic E-state index is -4.02. The molecular formula is C21H29N3O5S. The van der Waals surface area contributed by atoms with Crippen LogP contribution in [-0.2, 0) is 10.0 Å². The van der Waals surface area contributed by atoms with Gasteiger partial charge >= 0.3 is 0 Å². The lowest BCUT2D eigenvalue weighted by Crippen LogP contribution is -2.43. The molecule has 1 N–H and O–H groups in total. The van der Waals surface area contributed by atoms with Gasteiger partial charge in [0, 0.05) is 18.7 Å². The van der Waals surface area contributed by atoms with E-state index in [0.29, 0.717) is 12.2 Å². The molecule has 0 fully saturated rings. The zero-order chi connectivity index (χ0) is 22.1. The van der Waals surface area contributed by atoms with E-state index in [2.05, 4.69) is 18.7 Å². The lowest BCUT2D eigenvalue weighted by molar-refractivity contribution is -0.384. The van der Waals surface area contributed by atoms with E-state index in [-0.39, 0.29) is 17.1 Å². The van der Waals surface area contributed by atoms with Gasteiger partial charge in [-0.05, 0) is 50.2 Å². The molecule has 0 spiro atoms. The molecule has 0 aliphatic carbocycles. The van der Waals surface area contributed by atoms with Gasteiger partial charge in [-0.15, -0.1) is 0 Å². The lowest BCUT2D eigenvalue weighted by atomic mass is 10.2. The van der Waals surface area contributed by atoms with E-state index in [4.69, 9.17) is 0 Å². The fourth-order valence-electron chi connectivity index (χ4n) is 3.28.